The van der Waals surface area contributed by atoms with Crippen molar-refractivity contribution in [2.75, 3.05) is 18.0 Å². The van der Waals surface area contributed by atoms with E-state index < -0.39 is 5.97 Å². The van der Waals surface area contributed by atoms with Crippen molar-refractivity contribution >= 4 is 40.2 Å². The monoisotopic (exact) mass is 424 g/mol. The fraction of sp³-hybridized carbons (Fsp3) is 0.273. The van der Waals surface area contributed by atoms with Crippen LogP contribution in [0.3, 0.4) is 0 Å². The number of carbonyl (C=O) groups is 2. The molecule has 154 valence electrons. The largest absolute Gasteiger partial charge is 0.427 e. The minimum Gasteiger partial charge on any atom is -0.427 e. The van der Waals surface area contributed by atoms with Gasteiger partial charge in [-0.2, -0.15) is 0 Å². The molecular weight excluding hydrogens is 404 g/mol. The van der Waals surface area contributed by atoms with E-state index in [1.54, 1.807) is 41.3 Å². The summed E-state index contributed by atoms with van der Waals surface area (Å²) in [4.78, 5) is 35.5. The van der Waals surface area contributed by atoms with Crippen molar-refractivity contribution in [2.24, 2.45) is 0 Å². The quantitative estimate of drug-likeness (QED) is 0.508. The van der Waals surface area contributed by atoms with Crippen LogP contribution in [-0.2, 0) is 4.79 Å². The molecule has 0 saturated carbocycles. The molecule has 4 rings (SSSR count). The molecule has 0 atom stereocenters. The van der Waals surface area contributed by atoms with Crippen molar-refractivity contribution in [3.8, 4) is 5.75 Å². The number of carbonyl (C=O) groups excluding carboxylic acids is 2. The molecule has 7 nitrogen and oxygen atoms in total. The number of nitrogens with zero attached hydrogens (tertiary/aromatic N) is 3. The van der Waals surface area contributed by atoms with Crippen LogP contribution in [0.2, 0.25) is 5.02 Å². The van der Waals surface area contributed by atoms with Gasteiger partial charge in [0.2, 0.25) is 0 Å². The van der Waals surface area contributed by atoms with Crippen LogP contribution in [-0.4, -0.2) is 41.0 Å². The topological polar surface area (TPSA) is 84.4 Å². The lowest BCUT2D eigenvalue weighted by Gasteiger charge is -2.34. The first kappa shape index (κ1) is 20.3. The average Bonchev–Trinajstić information content (AvgIpc) is 2.74. The number of ether oxygens (including phenoxy) is 1. The van der Waals surface area contributed by atoms with Crippen LogP contribution in [0.25, 0.3) is 10.9 Å². The third-order valence-electron chi connectivity index (χ3n) is 5.04. The number of fused-ring (bicyclic) bond motifs is 1. The summed E-state index contributed by atoms with van der Waals surface area (Å²) in [6, 6.07) is 12.0. The normalized spacial score (nSPS) is 14.5. The number of benzene rings is 2. The zero-order chi connectivity index (χ0) is 21.1. The highest BCUT2D eigenvalue weighted by Crippen LogP contribution is 2.30. The van der Waals surface area contributed by atoms with Crippen molar-refractivity contribution in [2.45, 2.75) is 25.8 Å². The Hall–Kier alpha value is -3.03. The van der Waals surface area contributed by atoms with E-state index in [0.717, 1.165) is 31.3 Å². The number of nitrogens with one attached hydrogen (secondary N) is 1. The lowest BCUT2D eigenvalue weighted by molar-refractivity contribution is -0.131. The minimum atomic E-state index is -0.437. The Balaban J connectivity index is 1.80. The molecule has 8 heteroatoms. The highest BCUT2D eigenvalue weighted by Gasteiger charge is 2.30. The number of amides is 1. The Kier molecular flexibility index (Phi) is 5.92. The van der Waals surface area contributed by atoms with Gasteiger partial charge in [-0.1, -0.05) is 17.7 Å². The average molecular weight is 425 g/mol. The lowest BCUT2D eigenvalue weighted by atomic mass is 10.0. The molecule has 1 aliphatic rings. The zero-order valence-corrected chi connectivity index (χ0v) is 17.2. The maximum Gasteiger partial charge on any atom is 0.308 e. The lowest BCUT2D eigenvalue weighted by Crippen LogP contribution is -2.47. The van der Waals surface area contributed by atoms with E-state index in [9.17, 15) is 9.59 Å². The first-order chi connectivity index (χ1) is 14.5. The molecule has 1 fully saturated rings. The molecule has 2 aromatic carbocycles. The van der Waals surface area contributed by atoms with Gasteiger partial charge in [0, 0.05) is 28.9 Å². The number of rotatable bonds is 4. The van der Waals surface area contributed by atoms with Crippen LogP contribution in [0.4, 0.5) is 5.82 Å². The summed E-state index contributed by atoms with van der Waals surface area (Å²) in [6.45, 7) is 2.96. The molecule has 1 aliphatic heterocycles. The van der Waals surface area contributed by atoms with Crippen molar-refractivity contribution in [1.82, 2.24) is 15.3 Å². The van der Waals surface area contributed by atoms with Crippen molar-refractivity contribution < 1.29 is 14.3 Å². The summed E-state index contributed by atoms with van der Waals surface area (Å²) in [5.41, 5.74) is 1.10. The summed E-state index contributed by atoms with van der Waals surface area (Å²) in [5.74, 6) is 0.240. The third-order valence-corrected chi connectivity index (χ3v) is 5.28. The molecule has 0 unspecified atom stereocenters. The predicted octanol–water partition coefficient (Wildman–Crippen LogP) is 3.61. The molecule has 0 aliphatic carbocycles. The fourth-order valence-electron chi connectivity index (χ4n) is 3.71. The van der Waals surface area contributed by atoms with Gasteiger partial charge < -0.3 is 10.1 Å². The van der Waals surface area contributed by atoms with E-state index in [1.165, 1.54) is 13.3 Å². The van der Waals surface area contributed by atoms with Crippen molar-refractivity contribution in [1.29, 1.82) is 0 Å². The molecule has 30 heavy (non-hydrogen) atoms. The van der Waals surface area contributed by atoms with Crippen LogP contribution in [0.15, 0.2) is 48.8 Å². The molecule has 2 heterocycles. The zero-order valence-electron chi connectivity index (χ0n) is 16.5. The molecule has 1 saturated heterocycles. The molecule has 0 spiro atoms. The van der Waals surface area contributed by atoms with Crippen LogP contribution in [0.1, 0.15) is 30.1 Å². The second-order valence-corrected chi connectivity index (χ2v) is 7.57. The van der Waals surface area contributed by atoms with Crippen LogP contribution >= 0.6 is 11.6 Å². The molecular formula is C22H21ClN4O3. The summed E-state index contributed by atoms with van der Waals surface area (Å²) >= 11 is 6.13. The van der Waals surface area contributed by atoms with Crippen LogP contribution in [0, 0.1) is 0 Å². The molecule has 1 N–H and O–H groups in total. The van der Waals surface area contributed by atoms with Gasteiger partial charge >= 0.3 is 5.97 Å². The fourth-order valence-corrected chi connectivity index (χ4v) is 3.87. The number of aromatic nitrogens is 2. The van der Waals surface area contributed by atoms with E-state index in [0.29, 0.717) is 27.7 Å². The van der Waals surface area contributed by atoms with Crippen LogP contribution < -0.4 is 15.0 Å². The number of hydrogen-bond acceptors (Lipinski definition) is 6. The Labute approximate surface area is 179 Å². The third kappa shape index (κ3) is 4.27. The van der Waals surface area contributed by atoms with Gasteiger partial charge in [-0.15, -0.1) is 0 Å². The molecule has 1 amide bonds. The number of halogens is 1. The minimum absolute atomic E-state index is 0.0232. The molecule has 1 aromatic heterocycles. The number of piperidine rings is 1. The molecule has 0 radical (unpaired) electrons. The van der Waals surface area contributed by atoms with E-state index >= 15 is 0 Å². The van der Waals surface area contributed by atoms with Crippen molar-refractivity contribution in [3.05, 3.63) is 59.4 Å². The number of esters is 1. The van der Waals surface area contributed by atoms with E-state index in [1.807, 2.05) is 6.07 Å². The Bertz CT molecular complexity index is 1100. The van der Waals surface area contributed by atoms with Gasteiger partial charge in [0.25, 0.3) is 5.91 Å². The van der Waals surface area contributed by atoms with Gasteiger partial charge in [-0.05, 0) is 62.3 Å². The van der Waals surface area contributed by atoms with E-state index in [4.69, 9.17) is 16.3 Å². The standard InChI is InChI=1S/C22H21ClN4O3/c1-14(28)30-18-4-2-3-15(11-18)22(29)27(17-7-9-24-10-8-17)21-19-6-5-16(23)12-20(19)25-13-26-21/h2-6,11-13,17,24H,7-10H2,1H3. The first-order valence-electron chi connectivity index (χ1n) is 9.76. The molecule has 3 aromatic rings. The summed E-state index contributed by atoms with van der Waals surface area (Å²) < 4.78 is 5.16. The smallest absolute Gasteiger partial charge is 0.308 e. The molecule has 0 bridgehead atoms. The summed E-state index contributed by atoms with van der Waals surface area (Å²) in [6.07, 6.45) is 3.05. The van der Waals surface area contributed by atoms with Crippen molar-refractivity contribution in [3.63, 3.8) is 0 Å². The highest BCUT2D eigenvalue weighted by molar-refractivity contribution is 6.31. The van der Waals surface area contributed by atoms with Gasteiger partial charge in [0.1, 0.15) is 17.9 Å². The summed E-state index contributed by atoms with van der Waals surface area (Å²) in [5, 5.41) is 4.65. The maximum absolute atomic E-state index is 13.7. The first-order valence-corrected chi connectivity index (χ1v) is 10.1. The van der Waals surface area contributed by atoms with E-state index in [2.05, 4.69) is 15.3 Å². The Morgan fingerprint density at radius 2 is 1.93 bits per heavy atom. The SMILES string of the molecule is CC(=O)Oc1cccc(C(=O)N(c2ncnc3cc(Cl)ccc23)C2CCNCC2)c1. The van der Waals surface area contributed by atoms with Gasteiger partial charge in [-0.25, -0.2) is 9.97 Å². The van der Waals surface area contributed by atoms with Gasteiger partial charge in [0.05, 0.1) is 5.52 Å². The number of hydrogen-bond donors (Lipinski definition) is 1. The second kappa shape index (κ2) is 8.77. The van der Waals surface area contributed by atoms with E-state index in [-0.39, 0.29) is 11.9 Å². The predicted molar refractivity (Wildman–Crippen MR) is 115 cm³/mol. The number of anilines is 1. The maximum atomic E-state index is 13.7. The Morgan fingerprint density at radius 3 is 2.70 bits per heavy atom. The van der Waals surface area contributed by atoms with Gasteiger partial charge in [-0.3, -0.25) is 14.5 Å². The second-order valence-electron chi connectivity index (χ2n) is 7.14. The highest BCUT2D eigenvalue weighted by atomic mass is 35.5. The van der Waals surface area contributed by atoms with Gasteiger partial charge in [0.15, 0.2) is 0 Å². The Morgan fingerprint density at radius 1 is 1.13 bits per heavy atom. The van der Waals surface area contributed by atoms with Crippen LogP contribution in [0.5, 0.6) is 5.75 Å². The summed E-state index contributed by atoms with van der Waals surface area (Å²) in [7, 11) is 0.